The van der Waals surface area contributed by atoms with E-state index in [9.17, 15) is 14.4 Å². The molecule has 0 aliphatic carbocycles. The highest BCUT2D eigenvalue weighted by Crippen LogP contribution is 2.29. The van der Waals surface area contributed by atoms with E-state index in [-0.39, 0.29) is 13.0 Å². The molecule has 1 unspecified atom stereocenters. The lowest BCUT2D eigenvalue weighted by Crippen LogP contribution is -2.49. The van der Waals surface area contributed by atoms with E-state index in [1.54, 1.807) is 48.5 Å². The minimum absolute atomic E-state index is 0.0378. The maximum absolute atomic E-state index is 13.4. The first-order chi connectivity index (χ1) is 15.9. The minimum Gasteiger partial charge on any atom is -0.497 e. The highest BCUT2D eigenvalue weighted by Gasteiger charge is 2.45. The van der Waals surface area contributed by atoms with Crippen molar-refractivity contribution in [3.63, 3.8) is 0 Å². The van der Waals surface area contributed by atoms with Crippen LogP contribution in [0.5, 0.6) is 11.5 Å². The van der Waals surface area contributed by atoms with Crippen LogP contribution < -0.4 is 14.4 Å². The Morgan fingerprint density at radius 2 is 1.76 bits per heavy atom. The summed E-state index contributed by atoms with van der Waals surface area (Å²) in [6, 6.07) is 12.3. The standard InChI is InChI=1S/C24H28N2O7/c1-5-33-18-11-9-17(10-12-18)26-21(27)14-20(24(26)29)25(15-22(31-3)32-4)23(28)16-7-6-8-19(13-16)30-2/h6-13,20,22H,5,14-15H2,1-4H3. The lowest BCUT2D eigenvalue weighted by Gasteiger charge is -2.30. The second-order valence-electron chi connectivity index (χ2n) is 7.30. The molecule has 1 atom stereocenters. The van der Waals surface area contributed by atoms with Gasteiger partial charge in [-0.15, -0.1) is 0 Å². The molecule has 176 valence electrons. The fourth-order valence-electron chi connectivity index (χ4n) is 3.67. The summed E-state index contributed by atoms with van der Waals surface area (Å²) in [5.74, 6) is -0.196. The van der Waals surface area contributed by atoms with Gasteiger partial charge in [0.2, 0.25) is 5.91 Å². The highest BCUT2D eigenvalue weighted by molar-refractivity contribution is 6.23. The zero-order valence-corrected chi connectivity index (χ0v) is 19.1. The van der Waals surface area contributed by atoms with Crippen molar-refractivity contribution in [2.24, 2.45) is 0 Å². The van der Waals surface area contributed by atoms with Crippen molar-refractivity contribution in [1.29, 1.82) is 0 Å². The van der Waals surface area contributed by atoms with Crippen LogP contribution in [0.2, 0.25) is 0 Å². The van der Waals surface area contributed by atoms with Crippen LogP contribution in [0.25, 0.3) is 0 Å². The molecule has 0 N–H and O–H groups in total. The molecular weight excluding hydrogens is 428 g/mol. The van der Waals surface area contributed by atoms with E-state index in [4.69, 9.17) is 18.9 Å². The predicted molar refractivity (Wildman–Crippen MR) is 120 cm³/mol. The van der Waals surface area contributed by atoms with Gasteiger partial charge in [0, 0.05) is 19.8 Å². The predicted octanol–water partition coefficient (Wildman–Crippen LogP) is 2.49. The number of carbonyl (C=O) groups excluding carboxylic acids is 3. The lowest BCUT2D eigenvalue weighted by molar-refractivity contribution is -0.128. The molecule has 0 saturated carbocycles. The summed E-state index contributed by atoms with van der Waals surface area (Å²) >= 11 is 0. The van der Waals surface area contributed by atoms with Crippen molar-refractivity contribution in [2.45, 2.75) is 25.7 Å². The number of hydrogen-bond acceptors (Lipinski definition) is 7. The smallest absolute Gasteiger partial charge is 0.257 e. The number of carbonyl (C=O) groups is 3. The van der Waals surface area contributed by atoms with Gasteiger partial charge in [0.05, 0.1) is 32.4 Å². The average molecular weight is 456 g/mol. The van der Waals surface area contributed by atoms with Crippen molar-refractivity contribution in [2.75, 3.05) is 39.4 Å². The zero-order chi connectivity index (χ0) is 24.0. The second-order valence-corrected chi connectivity index (χ2v) is 7.30. The van der Waals surface area contributed by atoms with Crippen LogP contribution in [0, 0.1) is 0 Å². The van der Waals surface area contributed by atoms with Crippen LogP contribution in [0.3, 0.4) is 0 Å². The summed E-state index contributed by atoms with van der Waals surface area (Å²) in [6.45, 7) is 2.33. The second kappa shape index (κ2) is 10.9. The van der Waals surface area contributed by atoms with Gasteiger partial charge < -0.3 is 23.8 Å². The maximum atomic E-state index is 13.4. The molecule has 1 aliphatic heterocycles. The molecule has 33 heavy (non-hydrogen) atoms. The molecule has 0 spiro atoms. The first-order valence-electron chi connectivity index (χ1n) is 10.5. The van der Waals surface area contributed by atoms with Crippen molar-refractivity contribution in [3.05, 3.63) is 54.1 Å². The lowest BCUT2D eigenvalue weighted by atomic mass is 10.1. The first-order valence-corrected chi connectivity index (χ1v) is 10.5. The molecule has 9 heteroatoms. The Labute approximate surface area is 192 Å². The maximum Gasteiger partial charge on any atom is 0.257 e. The monoisotopic (exact) mass is 456 g/mol. The minimum atomic E-state index is -1.00. The van der Waals surface area contributed by atoms with Gasteiger partial charge in [-0.3, -0.25) is 14.4 Å². The van der Waals surface area contributed by atoms with E-state index in [2.05, 4.69) is 0 Å². The highest BCUT2D eigenvalue weighted by atomic mass is 16.7. The number of methoxy groups -OCH3 is 3. The molecule has 1 aliphatic rings. The van der Waals surface area contributed by atoms with Crippen LogP contribution in [-0.4, -0.2) is 69.4 Å². The molecule has 2 aromatic carbocycles. The summed E-state index contributed by atoms with van der Waals surface area (Å²) in [4.78, 5) is 42.1. The van der Waals surface area contributed by atoms with Crippen molar-refractivity contribution in [3.8, 4) is 11.5 Å². The molecular formula is C24H28N2O7. The van der Waals surface area contributed by atoms with Gasteiger partial charge in [-0.2, -0.15) is 0 Å². The number of benzene rings is 2. The zero-order valence-electron chi connectivity index (χ0n) is 19.1. The third-order valence-corrected chi connectivity index (χ3v) is 5.35. The Bertz CT molecular complexity index is 989. The fraction of sp³-hybridized carbons (Fsp3) is 0.375. The van der Waals surface area contributed by atoms with Crippen LogP contribution >= 0.6 is 0 Å². The van der Waals surface area contributed by atoms with Gasteiger partial charge in [-0.25, -0.2) is 4.90 Å². The molecule has 1 fully saturated rings. The molecule has 2 aromatic rings. The van der Waals surface area contributed by atoms with Gasteiger partial charge in [-0.1, -0.05) is 6.07 Å². The number of anilines is 1. The molecule has 1 heterocycles. The van der Waals surface area contributed by atoms with Crippen LogP contribution in [0.1, 0.15) is 23.7 Å². The molecule has 3 rings (SSSR count). The summed E-state index contributed by atoms with van der Waals surface area (Å²) in [7, 11) is 4.38. The fourth-order valence-corrected chi connectivity index (χ4v) is 3.67. The van der Waals surface area contributed by atoms with E-state index in [0.29, 0.717) is 29.4 Å². The summed E-state index contributed by atoms with van der Waals surface area (Å²) in [5.41, 5.74) is 0.736. The normalized spacial score (nSPS) is 15.8. The number of rotatable bonds is 10. The summed E-state index contributed by atoms with van der Waals surface area (Å²) < 4.78 is 21.2. The topological polar surface area (TPSA) is 94.6 Å². The van der Waals surface area contributed by atoms with Gasteiger partial charge in [-0.05, 0) is 49.4 Å². The number of nitrogens with zero attached hydrogens (tertiary/aromatic N) is 2. The van der Waals surface area contributed by atoms with Crippen molar-refractivity contribution in [1.82, 2.24) is 4.90 Å². The quantitative estimate of drug-likeness (QED) is 0.400. The van der Waals surface area contributed by atoms with E-state index in [0.717, 1.165) is 4.90 Å². The van der Waals surface area contributed by atoms with Crippen LogP contribution in [-0.2, 0) is 19.1 Å². The van der Waals surface area contributed by atoms with Crippen LogP contribution in [0.4, 0.5) is 5.69 Å². The average Bonchev–Trinajstić information content (AvgIpc) is 3.13. The Balaban J connectivity index is 1.91. The molecule has 3 amide bonds. The number of amides is 3. The van der Waals surface area contributed by atoms with Gasteiger partial charge in [0.15, 0.2) is 6.29 Å². The van der Waals surface area contributed by atoms with Crippen LogP contribution in [0.15, 0.2) is 48.5 Å². The Hall–Kier alpha value is -3.43. The molecule has 0 radical (unpaired) electrons. The van der Waals surface area contributed by atoms with Gasteiger partial charge in [0.1, 0.15) is 17.5 Å². The molecule has 0 aromatic heterocycles. The largest absolute Gasteiger partial charge is 0.497 e. The first kappa shape index (κ1) is 24.2. The van der Waals surface area contributed by atoms with Gasteiger partial charge >= 0.3 is 0 Å². The summed E-state index contributed by atoms with van der Waals surface area (Å²) in [6.07, 6.45) is -0.927. The molecule has 9 nitrogen and oxygen atoms in total. The SMILES string of the molecule is CCOc1ccc(N2C(=O)CC(N(CC(OC)OC)C(=O)c3cccc(OC)c3)C2=O)cc1. The molecule has 1 saturated heterocycles. The summed E-state index contributed by atoms with van der Waals surface area (Å²) in [5, 5.41) is 0. The van der Waals surface area contributed by atoms with E-state index >= 15 is 0 Å². The third-order valence-electron chi connectivity index (χ3n) is 5.35. The number of imide groups is 1. The van der Waals surface area contributed by atoms with Crippen molar-refractivity contribution >= 4 is 23.4 Å². The van der Waals surface area contributed by atoms with Gasteiger partial charge in [0.25, 0.3) is 11.8 Å². The number of hydrogen-bond donors (Lipinski definition) is 0. The number of ether oxygens (including phenoxy) is 4. The Morgan fingerprint density at radius 3 is 2.36 bits per heavy atom. The van der Waals surface area contributed by atoms with E-state index in [1.165, 1.54) is 26.2 Å². The van der Waals surface area contributed by atoms with E-state index < -0.39 is 30.1 Å². The molecule has 0 bridgehead atoms. The Morgan fingerprint density at radius 1 is 1.06 bits per heavy atom. The third kappa shape index (κ3) is 5.32. The Kier molecular flexibility index (Phi) is 8.02. The van der Waals surface area contributed by atoms with E-state index in [1.807, 2.05) is 6.92 Å². The van der Waals surface area contributed by atoms with Crippen molar-refractivity contribution < 1.29 is 33.3 Å².